The molecular formula is C12H22N4O3S. The van der Waals surface area contributed by atoms with E-state index < -0.39 is 10.0 Å². The van der Waals surface area contributed by atoms with Crippen LogP contribution in [0.2, 0.25) is 0 Å². The van der Waals surface area contributed by atoms with Gasteiger partial charge in [-0.3, -0.25) is 5.10 Å². The number of nitrogens with zero attached hydrogens (tertiary/aromatic N) is 1. The lowest BCUT2D eigenvalue weighted by molar-refractivity contribution is 0.180. The minimum absolute atomic E-state index is 0.143. The van der Waals surface area contributed by atoms with E-state index in [9.17, 15) is 8.42 Å². The maximum absolute atomic E-state index is 12.4. The predicted octanol–water partition coefficient (Wildman–Crippen LogP) is 0.223. The van der Waals surface area contributed by atoms with E-state index in [0.717, 1.165) is 13.0 Å². The summed E-state index contributed by atoms with van der Waals surface area (Å²) < 4.78 is 32.8. The highest BCUT2D eigenvalue weighted by molar-refractivity contribution is 7.89. The third-order valence-electron chi connectivity index (χ3n) is 3.53. The normalized spacial score (nSPS) is 21.2. The first-order chi connectivity index (χ1) is 9.54. The Kier molecular flexibility index (Phi) is 5.14. The zero-order valence-corrected chi connectivity index (χ0v) is 12.7. The van der Waals surface area contributed by atoms with Crippen LogP contribution in [-0.2, 0) is 21.3 Å². The largest absolute Gasteiger partial charge is 0.381 e. The highest BCUT2D eigenvalue weighted by atomic mass is 32.2. The van der Waals surface area contributed by atoms with E-state index in [-0.39, 0.29) is 17.0 Å². The number of sulfonamides is 1. The minimum atomic E-state index is -3.58. The van der Waals surface area contributed by atoms with Gasteiger partial charge >= 0.3 is 0 Å². The molecule has 1 aliphatic rings. The van der Waals surface area contributed by atoms with E-state index >= 15 is 0 Å². The highest BCUT2D eigenvalue weighted by Crippen LogP contribution is 2.19. The summed E-state index contributed by atoms with van der Waals surface area (Å²) in [6.45, 7) is 6.40. The fourth-order valence-electron chi connectivity index (χ4n) is 2.26. The summed E-state index contributed by atoms with van der Waals surface area (Å²) in [5, 5.41) is 9.66. The molecule has 7 nitrogen and oxygen atoms in total. The van der Waals surface area contributed by atoms with Crippen LogP contribution in [0.25, 0.3) is 0 Å². The second-order valence-electron chi connectivity index (χ2n) is 5.04. The van der Waals surface area contributed by atoms with Crippen LogP contribution in [0.4, 0.5) is 0 Å². The van der Waals surface area contributed by atoms with Crippen LogP contribution in [0.3, 0.4) is 0 Å². The Hall–Kier alpha value is -0.960. The molecule has 1 aromatic rings. The number of rotatable bonds is 7. The van der Waals surface area contributed by atoms with Crippen LogP contribution in [-0.4, -0.2) is 44.4 Å². The summed E-state index contributed by atoms with van der Waals surface area (Å²) in [5.41, 5.74) is 0.647. The van der Waals surface area contributed by atoms with Gasteiger partial charge in [0.05, 0.1) is 12.8 Å². The molecule has 0 aliphatic carbocycles. The Labute approximate surface area is 119 Å². The smallest absolute Gasteiger partial charge is 0.258 e. The molecule has 0 saturated carbocycles. The molecule has 0 radical (unpaired) electrons. The van der Waals surface area contributed by atoms with Gasteiger partial charge in [-0.2, -0.15) is 5.10 Å². The van der Waals surface area contributed by atoms with E-state index in [0.29, 0.717) is 25.3 Å². The van der Waals surface area contributed by atoms with Crippen LogP contribution in [0.15, 0.2) is 11.2 Å². The quantitative estimate of drug-likeness (QED) is 0.670. The first-order valence-corrected chi connectivity index (χ1v) is 8.36. The lowest BCUT2D eigenvalue weighted by Gasteiger charge is -2.19. The molecule has 2 unspecified atom stereocenters. The van der Waals surface area contributed by atoms with Crippen molar-refractivity contribution in [3.05, 3.63) is 11.8 Å². The molecule has 0 amide bonds. The van der Waals surface area contributed by atoms with Crippen molar-refractivity contribution in [1.29, 1.82) is 0 Å². The van der Waals surface area contributed by atoms with Crippen LogP contribution in [0.1, 0.15) is 25.8 Å². The Morgan fingerprint density at radius 1 is 1.60 bits per heavy atom. The van der Waals surface area contributed by atoms with E-state index in [1.165, 1.54) is 0 Å². The van der Waals surface area contributed by atoms with Crippen molar-refractivity contribution in [2.45, 2.75) is 37.9 Å². The fourth-order valence-corrected chi connectivity index (χ4v) is 3.71. The molecule has 2 atom stereocenters. The van der Waals surface area contributed by atoms with Crippen molar-refractivity contribution in [3.8, 4) is 0 Å². The first kappa shape index (κ1) is 15.4. The standard InChI is InChI=1S/C12H22N4O3S/c1-3-13-6-11-7-14-15-12(11)20(17,18)16-9(2)10-4-5-19-8-10/h7,9-10,13,16H,3-6,8H2,1-2H3,(H,14,15). The highest BCUT2D eigenvalue weighted by Gasteiger charge is 2.28. The van der Waals surface area contributed by atoms with E-state index in [1.54, 1.807) is 6.20 Å². The summed E-state index contributed by atoms with van der Waals surface area (Å²) in [6.07, 6.45) is 2.43. The number of hydrogen-bond donors (Lipinski definition) is 3. The van der Waals surface area contributed by atoms with Gasteiger partial charge in [0.2, 0.25) is 0 Å². The zero-order valence-electron chi connectivity index (χ0n) is 11.8. The van der Waals surface area contributed by atoms with E-state index in [4.69, 9.17) is 4.74 Å². The van der Waals surface area contributed by atoms with Crippen molar-refractivity contribution in [1.82, 2.24) is 20.2 Å². The van der Waals surface area contributed by atoms with Gasteiger partial charge in [0, 0.05) is 30.7 Å². The van der Waals surface area contributed by atoms with Gasteiger partial charge in [0.15, 0.2) is 5.03 Å². The van der Waals surface area contributed by atoms with Crippen LogP contribution < -0.4 is 10.0 Å². The molecule has 0 spiro atoms. The SMILES string of the molecule is CCNCc1cn[nH]c1S(=O)(=O)NC(C)C1CCOC1. The van der Waals surface area contributed by atoms with Gasteiger partial charge in [-0.25, -0.2) is 13.1 Å². The lowest BCUT2D eigenvalue weighted by atomic mass is 10.0. The Balaban J connectivity index is 2.07. The molecule has 20 heavy (non-hydrogen) atoms. The fraction of sp³-hybridized carbons (Fsp3) is 0.750. The molecule has 2 heterocycles. The van der Waals surface area contributed by atoms with Crippen molar-refractivity contribution in [2.24, 2.45) is 5.92 Å². The predicted molar refractivity (Wildman–Crippen MR) is 74.7 cm³/mol. The van der Waals surface area contributed by atoms with Gasteiger partial charge < -0.3 is 10.1 Å². The zero-order chi connectivity index (χ0) is 14.6. The van der Waals surface area contributed by atoms with Crippen molar-refractivity contribution in [2.75, 3.05) is 19.8 Å². The maximum atomic E-state index is 12.4. The first-order valence-electron chi connectivity index (χ1n) is 6.87. The Morgan fingerprint density at radius 2 is 2.40 bits per heavy atom. The molecule has 8 heteroatoms. The summed E-state index contributed by atoms with van der Waals surface area (Å²) in [5.74, 6) is 0.227. The van der Waals surface area contributed by atoms with Crippen LogP contribution in [0, 0.1) is 5.92 Å². The molecule has 3 N–H and O–H groups in total. The van der Waals surface area contributed by atoms with Gasteiger partial charge in [-0.15, -0.1) is 0 Å². The van der Waals surface area contributed by atoms with Gasteiger partial charge in [0.25, 0.3) is 10.0 Å². The monoisotopic (exact) mass is 302 g/mol. The summed E-state index contributed by atoms with van der Waals surface area (Å²) >= 11 is 0. The molecule has 1 aliphatic heterocycles. The molecule has 1 saturated heterocycles. The number of nitrogens with one attached hydrogen (secondary N) is 3. The van der Waals surface area contributed by atoms with Crippen molar-refractivity contribution >= 4 is 10.0 Å². The molecule has 2 rings (SSSR count). The second-order valence-corrected chi connectivity index (χ2v) is 6.69. The number of hydrogen-bond acceptors (Lipinski definition) is 5. The average Bonchev–Trinajstić information content (AvgIpc) is 3.07. The summed E-state index contributed by atoms with van der Waals surface area (Å²) in [6, 6.07) is -0.155. The molecular weight excluding hydrogens is 280 g/mol. The third-order valence-corrected chi connectivity index (χ3v) is 5.10. The van der Waals surface area contributed by atoms with Crippen LogP contribution >= 0.6 is 0 Å². The average molecular weight is 302 g/mol. The molecule has 1 aromatic heterocycles. The summed E-state index contributed by atoms with van der Waals surface area (Å²) in [7, 11) is -3.58. The van der Waals surface area contributed by atoms with Gasteiger partial charge in [-0.1, -0.05) is 6.92 Å². The number of aromatic nitrogens is 2. The molecule has 1 fully saturated rings. The molecule has 0 bridgehead atoms. The maximum Gasteiger partial charge on any atom is 0.258 e. The minimum Gasteiger partial charge on any atom is -0.381 e. The Bertz CT molecular complexity index is 523. The molecule has 0 aromatic carbocycles. The topological polar surface area (TPSA) is 96.1 Å². The van der Waals surface area contributed by atoms with Crippen LogP contribution in [0.5, 0.6) is 0 Å². The Morgan fingerprint density at radius 3 is 3.05 bits per heavy atom. The summed E-state index contributed by atoms with van der Waals surface area (Å²) in [4.78, 5) is 0. The number of ether oxygens (including phenoxy) is 1. The van der Waals surface area contributed by atoms with Crippen molar-refractivity contribution < 1.29 is 13.2 Å². The van der Waals surface area contributed by atoms with Crippen molar-refractivity contribution in [3.63, 3.8) is 0 Å². The lowest BCUT2D eigenvalue weighted by Crippen LogP contribution is -2.39. The molecule has 114 valence electrons. The van der Waals surface area contributed by atoms with E-state index in [2.05, 4.69) is 20.2 Å². The van der Waals surface area contributed by atoms with E-state index in [1.807, 2.05) is 13.8 Å². The third kappa shape index (κ3) is 3.57. The second kappa shape index (κ2) is 6.66. The number of H-pyrrole nitrogens is 1. The van der Waals surface area contributed by atoms with Gasteiger partial charge in [-0.05, 0) is 19.9 Å². The van der Waals surface area contributed by atoms with Gasteiger partial charge in [0.1, 0.15) is 0 Å². The number of aromatic amines is 1.